The Hall–Kier alpha value is -1.44. The van der Waals surface area contributed by atoms with Crippen molar-refractivity contribution in [3.63, 3.8) is 0 Å². The van der Waals surface area contributed by atoms with Gasteiger partial charge >= 0.3 is 0 Å². The van der Waals surface area contributed by atoms with Gasteiger partial charge in [-0.25, -0.2) is 4.39 Å². The van der Waals surface area contributed by atoms with Crippen LogP contribution in [-0.2, 0) is 6.54 Å². The van der Waals surface area contributed by atoms with Crippen LogP contribution in [0, 0.1) is 17.1 Å². The van der Waals surface area contributed by atoms with Crippen LogP contribution >= 0.6 is 0 Å². The lowest BCUT2D eigenvalue weighted by Gasteiger charge is -2.17. The molecular weight excluding hydrogens is 207 g/mol. The summed E-state index contributed by atoms with van der Waals surface area (Å²) < 4.78 is 13.0. The predicted octanol–water partition coefficient (Wildman–Crippen LogP) is 1.56. The SMILES string of the molecule is CC(C)(O)CNCc1ccc(F)c(C#N)c1. The first kappa shape index (κ1) is 12.6. The monoisotopic (exact) mass is 222 g/mol. The molecular formula is C12H15FN2O. The first-order chi connectivity index (χ1) is 7.42. The number of rotatable bonds is 4. The number of nitrogens with zero attached hydrogens (tertiary/aromatic N) is 1. The Labute approximate surface area is 94.5 Å². The fraction of sp³-hybridized carbons (Fsp3) is 0.417. The van der Waals surface area contributed by atoms with Crippen molar-refractivity contribution in [2.45, 2.75) is 26.0 Å². The van der Waals surface area contributed by atoms with Crippen LogP contribution in [-0.4, -0.2) is 17.3 Å². The number of nitrogens with one attached hydrogen (secondary N) is 1. The van der Waals surface area contributed by atoms with Crippen molar-refractivity contribution in [1.29, 1.82) is 5.26 Å². The third kappa shape index (κ3) is 3.97. The molecule has 1 aromatic rings. The second-order valence-corrected chi connectivity index (χ2v) is 4.34. The zero-order chi connectivity index (χ0) is 12.2. The fourth-order valence-corrected chi connectivity index (χ4v) is 1.28. The van der Waals surface area contributed by atoms with E-state index in [0.717, 1.165) is 5.56 Å². The van der Waals surface area contributed by atoms with Crippen LogP contribution in [0.1, 0.15) is 25.0 Å². The van der Waals surface area contributed by atoms with E-state index in [4.69, 9.17) is 5.26 Å². The Kier molecular flexibility index (Phi) is 3.99. The van der Waals surface area contributed by atoms with Crippen molar-refractivity contribution in [1.82, 2.24) is 5.32 Å². The predicted molar refractivity (Wildman–Crippen MR) is 59.1 cm³/mol. The molecule has 0 atom stereocenters. The molecule has 0 unspecified atom stereocenters. The van der Waals surface area contributed by atoms with Gasteiger partial charge in [-0.2, -0.15) is 5.26 Å². The van der Waals surface area contributed by atoms with Crippen molar-refractivity contribution in [2.75, 3.05) is 6.54 Å². The molecule has 0 spiro atoms. The number of hydrogen-bond acceptors (Lipinski definition) is 3. The maximum atomic E-state index is 13.0. The lowest BCUT2D eigenvalue weighted by Crippen LogP contribution is -2.34. The summed E-state index contributed by atoms with van der Waals surface area (Å²) in [6.45, 7) is 4.34. The van der Waals surface area contributed by atoms with E-state index in [1.165, 1.54) is 12.1 Å². The first-order valence-corrected chi connectivity index (χ1v) is 5.04. The quantitative estimate of drug-likeness (QED) is 0.812. The van der Waals surface area contributed by atoms with Gasteiger partial charge < -0.3 is 10.4 Å². The third-order valence-electron chi connectivity index (χ3n) is 2.04. The van der Waals surface area contributed by atoms with E-state index in [2.05, 4.69) is 5.32 Å². The standard InChI is InChI=1S/C12H15FN2O/c1-12(2,16)8-15-7-9-3-4-11(13)10(5-9)6-14/h3-5,15-16H,7-8H2,1-2H3. The molecule has 0 amide bonds. The van der Waals surface area contributed by atoms with Crippen molar-refractivity contribution in [3.05, 3.63) is 35.1 Å². The van der Waals surface area contributed by atoms with E-state index >= 15 is 0 Å². The van der Waals surface area contributed by atoms with E-state index in [1.807, 2.05) is 0 Å². The maximum absolute atomic E-state index is 13.0. The highest BCUT2D eigenvalue weighted by Gasteiger charge is 2.11. The molecule has 0 fully saturated rings. The molecule has 0 saturated heterocycles. The largest absolute Gasteiger partial charge is 0.389 e. The molecule has 3 nitrogen and oxygen atoms in total. The van der Waals surface area contributed by atoms with Crippen LogP contribution < -0.4 is 5.32 Å². The fourth-order valence-electron chi connectivity index (χ4n) is 1.28. The second-order valence-electron chi connectivity index (χ2n) is 4.34. The maximum Gasteiger partial charge on any atom is 0.140 e. The van der Waals surface area contributed by atoms with Gasteiger partial charge in [0.2, 0.25) is 0 Å². The lowest BCUT2D eigenvalue weighted by atomic mass is 10.1. The molecule has 2 N–H and O–H groups in total. The Balaban J connectivity index is 2.59. The molecule has 0 heterocycles. The molecule has 0 aliphatic rings. The summed E-state index contributed by atoms with van der Waals surface area (Å²) in [5.41, 5.74) is 0.0858. The minimum absolute atomic E-state index is 0.0440. The van der Waals surface area contributed by atoms with E-state index in [-0.39, 0.29) is 5.56 Å². The van der Waals surface area contributed by atoms with Gasteiger partial charge in [0.05, 0.1) is 11.2 Å². The van der Waals surface area contributed by atoms with Crippen LogP contribution in [0.5, 0.6) is 0 Å². The Morgan fingerprint density at radius 2 is 2.19 bits per heavy atom. The minimum atomic E-state index is -0.780. The van der Waals surface area contributed by atoms with Gasteiger partial charge in [0.1, 0.15) is 11.9 Å². The average molecular weight is 222 g/mol. The number of aliphatic hydroxyl groups is 1. The highest BCUT2D eigenvalue weighted by Crippen LogP contribution is 2.09. The Morgan fingerprint density at radius 1 is 1.50 bits per heavy atom. The van der Waals surface area contributed by atoms with Crippen LogP contribution in [0.15, 0.2) is 18.2 Å². The van der Waals surface area contributed by atoms with E-state index in [0.29, 0.717) is 13.1 Å². The summed E-state index contributed by atoms with van der Waals surface area (Å²) in [5.74, 6) is -0.506. The van der Waals surface area contributed by atoms with Gasteiger partial charge in [-0.15, -0.1) is 0 Å². The van der Waals surface area contributed by atoms with Crippen molar-refractivity contribution >= 4 is 0 Å². The second kappa shape index (κ2) is 5.06. The zero-order valence-electron chi connectivity index (χ0n) is 9.42. The van der Waals surface area contributed by atoms with Gasteiger partial charge in [-0.1, -0.05) is 6.07 Å². The van der Waals surface area contributed by atoms with Crippen LogP contribution in [0.4, 0.5) is 4.39 Å². The van der Waals surface area contributed by atoms with E-state index in [9.17, 15) is 9.50 Å². The highest BCUT2D eigenvalue weighted by atomic mass is 19.1. The van der Waals surface area contributed by atoms with E-state index in [1.54, 1.807) is 26.0 Å². The number of benzene rings is 1. The Morgan fingerprint density at radius 3 is 2.75 bits per heavy atom. The molecule has 0 saturated carbocycles. The molecule has 0 radical (unpaired) electrons. The zero-order valence-corrected chi connectivity index (χ0v) is 9.42. The van der Waals surface area contributed by atoms with Gasteiger partial charge in [-0.05, 0) is 31.5 Å². The molecule has 0 bridgehead atoms. The summed E-state index contributed by atoms with van der Waals surface area (Å²) in [5, 5.41) is 21.1. The number of nitriles is 1. The smallest absolute Gasteiger partial charge is 0.140 e. The summed E-state index contributed by atoms with van der Waals surface area (Å²) >= 11 is 0. The third-order valence-corrected chi connectivity index (χ3v) is 2.04. The summed E-state index contributed by atoms with van der Waals surface area (Å²) in [6.07, 6.45) is 0. The normalized spacial score (nSPS) is 11.2. The molecule has 1 aromatic carbocycles. The van der Waals surface area contributed by atoms with Crippen molar-refractivity contribution < 1.29 is 9.50 Å². The summed E-state index contributed by atoms with van der Waals surface area (Å²) in [4.78, 5) is 0. The van der Waals surface area contributed by atoms with Gasteiger partial charge in [0.15, 0.2) is 0 Å². The summed E-state index contributed by atoms with van der Waals surface area (Å²) in [7, 11) is 0. The molecule has 0 aliphatic heterocycles. The van der Waals surface area contributed by atoms with Crippen molar-refractivity contribution in [3.8, 4) is 6.07 Å². The Bertz CT molecular complexity index is 404. The molecule has 16 heavy (non-hydrogen) atoms. The van der Waals surface area contributed by atoms with E-state index < -0.39 is 11.4 Å². The minimum Gasteiger partial charge on any atom is -0.389 e. The molecule has 0 aliphatic carbocycles. The average Bonchev–Trinajstić information content (AvgIpc) is 2.18. The van der Waals surface area contributed by atoms with Crippen molar-refractivity contribution in [2.24, 2.45) is 0 Å². The summed E-state index contributed by atoms with van der Waals surface area (Å²) in [6, 6.07) is 6.19. The van der Waals surface area contributed by atoms with Gasteiger partial charge in [0, 0.05) is 13.1 Å². The first-order valence-electron chi connectivity index (χ1n) is 5.04. The van der Waals surface area contributed by atoms with Crippen LogP contribution in [0.3, 0.4) is 0 Å². The van der Waals surface area contributed by atoms with Crippen LogP contribution in [0.2, 0.25) is 0 Å². The highest BCUT2D eigenvalue weighted by molar-refractivity contribution is 5.34. The number of hydrogen-bond donors (Lipinski definition) is 2. The van der Waals surface area contributed by atoms with Crippen LogP contribution in [0.25, 0.3) is 0 Å². The molecule has 1 rings (SSSR count). The van der Waals surface area contributed by atoms with Gasteiger partial charge in [-0.3, -0.25) is 0 Å². The molecule has 86 valence electrons. The topological polar surface area (TPSA) is 56.0 Å². The van der Waals surface area contributed by atoms with Gasteiger partial charge in [0.25, 0.3) is 0 Å². The molecule has 4 heteroatoms. The molecule has 0 aromatic heterocycles. The lowest BCUT2D eigenvalue weighted by molar-refractivity contribution is 0.0795. The number of halogens is 1.